The summed E-state index contributed by atoms with van der Waals surface area (Å²) in [6, 6.07) is 6.50. The first kappa shape index (κ1) is 17.9. The van der Waals surface area contributed by atoms with E-state index >= 15 is 0 Å². The van der Waals surface area contributed by atoms with Gasteiger partial charge in [0.2, 0.25) is 5.91 Å². The molecule has 1 saturated heterocycles. The van der Waals surface area contributed by atoms with Gasteiger partial charge in [-0.15, -0.1) is 0 Å². The smallest absolute Gasteiger partial charge is 0.224 e. The van der Waals surface area contributed by atoms with E-state index in [-0.39, 0.29) is 24.4 Å². The van der Waals surface area contributed by atoms with E-state index < -0.39 is 0 Å². The number of aliphatic hydroxyl groups is 1. The molecule has 0 spiro atoms. The van der Waals surface area contributed by atoms with Crippen LogP contribution in [0.15, 0.2) is 24.3 Å². The van der Waals surface area contributed by atoms with E-state index in [9.17, 15) is 9.18 Å². The summed E-state index contributed by atoms with van der Waals surface area (Å²) in [6.07, 6.45) is 1.23. The Morgan fingerprint density at radius 1 is 1.30 bits per heavy atom. The van der Waals surface area contributed by atoms with E-state index in [1.165, 1.54) is 12.1 Å². The number of benzene rings is 1. The fraction of sp³-hybridized carbons (Fsp3) is 0.611. The predicted octanol–water partition coefficient (Wildman–Crippen LogP) is 2.27. The predicted molar refractivity (Wildman–Crippen MR) is 88.3 cm³/mol. The molecule has 1 aliphatic rings. The van der Waals surface area contributed by atoms with Crippen molar-refractivity contribution >= 4 is 5.91 Å². The molecule has 5 heteroatoms. The minimum atomic E-state index is -0.258. The molecule has 1 fully saturated rings. The van der Waals surface area contributed by atoms with E-state index in [1.807, 2.05) is 4.90 Å². The number of carbonyl (C=O) groups excluding carboxylic acids is 1. The summed E-state index contributed by atoms with van der Waals surface area (Å²) in [5.74, 6) is 0.236. The molecule has 4 nitrogen and oxygen atoms in total. The molecule has 2 rings (SSSR count). The first-order valence-electron chi connectivity index (χ1n) is 8.38. The normalized spacial score (nSPS) is 20.1. The van der Waals surface area contributed by atoms with Crippen LogP contribution in [-0.2, 0) is 11.3 Å². The van der Waals surface area contributed by atoms with Crippen molar-refractivity contribution in [3.05, 3.63) is 35.6 Å². The van der Waals surface area contributed by atoms with Crippen molar-refractivity contribution in [2.45, 2.75) is 39.3 Å². The third-order valence-electron chi connectivity index (χ3n) is 4.48. The Kier molecular flexibility index (Phi) is 6.54. The topological polar surface area (TPSA) is 43.8 Å². The number of halogens is 1. The van der Waals surface area contributed by atoms with Gasteiger partial charge in [-0.25, -0.2) is 4.39 Å². The second-order valence-electron chi connectivity index (χ2n) is 6.59. The van der Waals surface area contributed by atoms with Crippen LogP contribution in [0.25, 0.3) is 0 Å². The highest BCUT2D eigenvalue weighted by molar-refractivity contribution is 5.77. The lowest BCUT2D eigenvalue weighted by molar-refractivity contribution is -0.134. The van der Waals surface area contributed by atoms with Crippen LogP contribution < -0.4 is 0 Å². The Morgan fingerprint density at radius 2 is 2.00 bits per heavy atom. The van der Waals surface area contributed by atoms with Gasteiger partial charge in [-0.3, -0.25) is 4.79 Å². The molecule has 0 aromatic heterocycles. The zero-order chi connectivity index (χ0) is 16.8. The van der Waals surface area contributed by atoms with E-state index in [0.29, 0.717) is 18.9 Å². The monoisotopic (exact) mass is 322 g/mol. The van der Waals surface area contributed by atoms with Gasteiger partial charge in [-0.05, 0) is 30.0 Å². The average molecular weight is 322 g/mol. The second-order valence-corrected chi connectivity index (χ2v) is 6.59. The van der Waals surface area contributed by atoms with Crippen molar-refractivity contribution in [1.29, 1.82) is 0 Å². The molecule has 0 saturated carbocycles. The second kappa shape index (κ2) is 8.41. The first-order valence-corrected chi connectivity index (χ1v) is 8.38. The van der Waals surface area contributed by atoms with Crippen LogP contribution in [0.2, 0.25) is 0 Å². The maximum Gasteiger partial charge on any atom is 0.224 e. The minimum Gasteiger partial charge on any atom is -0.396 e. The van der Waals surface area contributed by atoms with Crippen molar-refractivity contribution in [3.8, 4) is 0 Å². The lowest BCUT2D eigenvalue weighted by Gasteiger charge is -2.35. The van der Waals surface area contributed by atoms with Crippen LogP contribution in [-0.4, -0.2) is 53.1 Å². The molecule has 0 unspecified atom stereocenters. The van der Waals surface area contributed by atoms with Gasteiger partial charge >= 0.3 is 0 Å². The maximum absolute atomic E-state index is 13.1. The van der Waals surface area contributed by atoms with Crippen molar-refractivity contribution in [3.63, 3.8) is 0 Å². The van der Waals surface area contributed by atoms with Crippen LogP contribution in [0, 0.1) is 11.7 Å². The van der Waals surface area contributed by atoms with Crippen molar-refractivity contribution in [2.24, 2.45) is 5.92 Å². The summed E-state index contributed by atoms with van der Waals surface area (Å²) in [6.45, 7) is 7.34. The summed E-state index contributed by atoms with van der Waals surface area (Å²) in [4.78, 5) is 16.8. The van der Waals surface area contributed by atoms with Crippen LogP contribution >= 0.6 is 0 Å². The fourth-order valence-corrected chi connectivity index (χ4v) is 3.10. The Morgan fingerprint density at radius 3 is 2.61 bits per heavy atom. The Balaban J connectivity index is 2.13. The Labute approximate surface area is 137 Å². The molecule has 128 valence electrons. The standard InChI is InChI=1S/C18H27FN2O2/c1-14(2)17-13-20(9-3-11-22)10-8-18(23)21(17)12-15-4-6-16(19)7-5-15/h4-7,14,17,22H,3,8-13H2,1-2H3/t17-/m0/s1. The molecular formula is C18H27FN2O2. The Bertz CT molecular complexity index is 504. The van der Waals surface area contributed by atoms with Crippen LogP contribution in [0.4, 0.5) is 4.39 Å². The Hall–Kier alpha value is -1.46. The van der Waals surface area contributed by atoms with Gasteiger partial charge in [0.1, 0.15) is 5.82 Å². The summed E-state index contributed by atoms with van der Waals surface area (Å²) >= 11 is 0. The summed E-state index contributed by atoms with van der Waals surface area (Å²) in [7, 11) is 0. The van der Waals surface area contributed by atoms with Gasteiger partial charge in [-0.1, -0.05) is 26.0 Å². The summed E-state index contributed by atoms with van der Waals surface area (Å²) in [5.41, 5.74) is 0.953. The molecule has 23 heavy (non-hydrogen) atoms. The summed E-state index contributed by atoms with van der Waals surface area (Å²) in [5, 5.41) is 9.03. The highest BCUT2D eigenvalue weighted by Crippen LogP contribution is 2.21. The lowest BCUT2D eigenvalue weighted by atomic mass is 10.0. The highest BCUT2D eigenvalue weighted by atomic mass is 19.1. The van der Waals surface area contributed by atoms with Gasteiger partial charge in [0.05, 0.1) is 0 Å². The highest BCUT2D eigenvalue weighted by Gasteiger charge is 2.31. The maximum atomic E-state index is 13.1. The molecule has 1 aromatic rings. The third kappa shape index (κ3) is 5.01. The fourth-order valence-electron chi connectivity index (χ4n) is 3.10. The molecule has 1 aromatic carbocycles. The molecule has 0 bridgehead atoms. The van der Waals surface area contributed by atoms with E-state index in [4.69, 9.17) is 5.11 Å². The van der Waals surface area contributed by atoms with Gasteiger partial charge < -0.3 is 14.9 Å². The van der Waals surface area contributed by atoms with E-state index in [1.54, 1.807) is 12.1 Å². The van der Waals surface area contributed by atoms with Gasteiger partial charge in [0, 0.05) is 45.2 Å². The van der Waals surface area contributed by atoms with E-state index in [0.717, 1.165) is 31.6 Å². The van der Waals surface area contributed by atoms with Gasteiger partial charge in [0.25, 0.3) is 0 Å². The van der Waals surface area contributed by atoms with Crippen molar-refractivity contribution in [2.75, 3.05) is 26.2 Å². The van der Waals surface area contributed by atoms with Crippen molar-refractivity contribution in [1.82, 2.24) is 9.80 Å². The molecular weight excluding hydrogens is 295 g/mol. The molecule has 1 N–H and O–H groups in total. The molecule has 1 heterocycles. The molecule has 1 aliphatic heterocycles. The first-order chi connectivity index (χ1) is 11.0. The SMILES string of the molecule is CC(C)[C@@H]1CN(CCCO)CCC(=O)N1Cc1ccc(F)cc1. The van der Waals surface area contributed by atoms with E-state index in [2.05, 4.69) is 18.7 Å². The van der Waals surface area contributed by atoms with Crippen LogP contribution in [0.3, 0.4) is 0 Å². The molecule has 1 atom stereocenters. The number of rotatable bonds is 6. The summed E-state index contributed by atoms with van der Waals surface area (Å²) < 4.78 is 13.1. The number of hydrogen-bond acceptors (Lipinski definition) is 3. The zero-order valence-corrected chi connectivity index (χ0v) is 14.0. The van der Waals surface area contributed by atoms with Gasteiger partial charge in [0.15, 0.2) is 0 Å². The van der Waals surface area contributed by atoms with Crippen LogP contribution in [0.5, 0.6) is 0 Å². The molecule has 1 amide bonds. The number of nitrogens with zero attached hydrogens (tertiary/aromatic N) is 2. The van der Waals surface area contributed by atoms with Gasteiger partial charge in [-0.2, -0.15) is 0 Å². The lowest BCUT2D eigenvalue weighted by Crippen LogP contribution is -2.46. The zero-order valence-electron chi connectivity index (χ0n) is 14.0. The number of amides is 1. The largest absolute Gasteiger partial charge is 0.396 e. The average Bonchev–Trinajstić information content (AvgIpc) is 2.68. The molecule has 0 aliphatic carbocycles. The van der Waals surface area contributed by atoms with Crippen LogP contribution in [0.1, 0.15) is 32.3 Å². The number of hydrogen-bond donors (Lipinski definition) is 1. The quantitative estimate of drug-likeness (QED) is 0.874. The molecule has 0 radical (unpaired) electrons. The number of carbonyl (C=O) groups is 1. The van der Waals surface area contributed by atoms with Crippen molar-refractivity contribution < 1.29 is 14.3 Å². The third-order valence-corrected chi connectivity index (χ3v) is 4.48. The minimum absolute atomic E-state index is 0.133. The number of aliphatic hydroxyl groups excluding tert-OH is 1.